The van der Waals surface area contributed by atoms with Crippen molar-refractivity contribution < 1.29 is 22.7 Å². The summed E-state index contributed by atoms with van der Waals surface area (Å²) in [7, 11) is -3.66. The van der Waals surface area contributed by atoms with Crippen LogP contribution in [0.4, 0.5) is 4.39 Å². The number of amides is 1. The lowest BCUT2D eigenvalue weighted by Gasteiger charge is -2.38. The van der Waals surface area contributed by atoms with Gasteiger partial charge in [0.2, 0.25) is 0 Å². The average Bonchev–Trinajstić information content (AvgIpc) is 2.90. The van der Waals surface area contributed by atoms with Gasteiger partial charge in [-0.05, 0) is 70.7 Å². The monoisotopic (exact) mass is 583 g/mol. The number of nitrogens with zero attached hydrogens (tertiary/aromatic N) is 3. The van der Waals surface area contributed by atoms with E-state index in [1.165, 1.54) is 12.1 Å². The highest BCUT2D eigenvalue weighted by Crippen LogP contribution is 2.33. The summed E-state index contributed by atoms with van der Waals surface area (Å²) in [6.07, 6.45) is 2.09. The third kappa shape index (κ3) is 5.14. The first-order chi connectivity index (χ1) is 17.7. The van der Waals surface area contributed by atoms with Crippen molar-refractivity contribution in [2.75, 3.05) is 13.1 Å². The fourth-order valence-corrected chi connectivity index (χ4v) is 6.42. The van der Waals surface area contributed by atoms with Crippen LogP contribution in [0.15, 0.2) is 82.4 Å². The van der Waals surface area contributed by atoms with E-state index < -0.39 is 21.3 Å². The summed E-state index contributed by atoms with van der Waals surface area (Å²) < 4.78 is 39.8. The molecule has 2 aromatic carbocycles. The molecule has 37 heavy (non-hydrogen) atoms. The number of piperidine rings is 1. The Hall–Kier alpha value is -3.21. The predicted molar refractivity (Wildman–Crippen MR) is 140 cm³/mol. The SMILES string of the molecule is O=C(c1ccc(CS(=O)(=O)c2cccc3cccnc23)cc1)N1CCC(O)(c2ccc(F)c(Br)n2)CC1. The van der Waals surface area contributed by atoms with Gasteiger partial charge >= 0.3 is 0 Å². The van der Waals surface area contributed by atoms with Gasteiger partial charge in [-0.3, -0.25) is 9.78 Å². The molecular formula is C27H23BrFN3O4S. The molecule has 0 spiro atoms. The van der Waals surface area contributed by atoms with Crippen LogP contribution in [0.1, 0.15) is 34.5 Å². The summed E-state index contributed by atoms with van der Waals surface area (Å²) in [6, 6.07) is 17.9. The second-order valence-electron chi connectivity index (χ2n) is 9.08. The Morgan fingerprint density at radius 3 is 2.43 bits per heavy atom. The molecule has 1 N–H and O–H groups in total. The number of likely N-dealkylation sites (tertiary alicyclic amines) is 1. The van der Waals surface area contributed by atoms with Gasteiger partial charge in [0.25, 0.3) is 5.91 Å². The van der Waals surface area contributed by atoms with E-state index in [1.807, 2.05) is 12.1 Å². The first-order valence-corrected chi connectivity index (χ1v) is 14.1. The lowest BCUT2D eigenvalue weighted by Crippen LogP contribution is -2.45. The Balaban J connectivity index is 1.26. The highest BCUT2D eigenvalue weighted by molar-refractivity contribution is 9.10. The topological polar surface area (TPSA) is 100 Å². The van der Waals surface area contributed by atoms with Crippen LogP contribution in [-0.4, -0.2) is 47.4 Å². The average molecular weight is 584 g/mol. The number of hydrogen-bond donors (Lipinski definition) is 1. The molecule has 1 amide bonds. The highest BCUT2D eigenvalue weighted by Gasteiger charge is 2.37. The highest BCUT2D eigenvalue weighted by atomic mass is 79.9. The van der Waals surface area contributed by atoms with Gasteiger partial charge in [0.05, 0.1) is 21.9 Å². The first kappa shape index (κ1) is 25.4. The number of aromatic nitrogens is 2. The summed E-state index contributed by atoms with van der Waals surface area (Å²) in [4.78, 5) is 23.2. The minimum Gasteiger partial charge on any atom is -0.383 e. The zero-order valence-electron chi connectivity index (χ0n) is 19.6. The lowest BCUT2D eigenvalue weighted by atomic mass is 9.87. The van der Waals surface area contributed by atoms with Crippen molar-refractivity contribution in [2.45, 2.75) is 29.1 Å². The zero-order chi connectivity index (χ0) is 26.2. The Morgan fingerprint density at radius 2 is 1.73 bits per heavy atom. The maximum absolute atomic E-state index is 13.5. The molecule has 10 heteroatoms. The van der Waals surface area contributed by atoms with Crippen molar-refractivity contribution in [3.63, 3.8) is 0 Å². The Morgan fingerprint density at radius 1 is 1.03 bits per heavy atom. The molecule has 0 bridgehead atoms. The number of rotatable bonds is 5. The van der Waals surface area contributed by atoms with Gasteiger partial charge in [-0.1, -0.05) is 30.3 Å². The molecule has 190 valence electrons. The van der Waals surface area contributed by atoms with E-state index >= 15 is 0 Å². The van der Waals surface area contributed by atoms with Crippen LogP contribution in [0.5, 0.6) is 0 Å². The third-order valence-corrected chi connectivity index (χ3v) is 8.92. The molecule has 1 aliphatic heterocycles. The van der Waals surface area contributed by atoms with E-state index in [2.05, 4.69) is 25.9 Å². The minimum absolute atomic E-state index is 0.0377. The molecule has 1 saturated heterocycles. The van der Waals surface area contributed by atoms with Gasteiger partial charge < -0.3 is 10.0 Å². The second kappa shape index (κ2) is 9.92. The number of aliphatic hydroxyl groups is 1. The fraction of sp³-hybridized carbons (Fsp3) is 0.222. The maximum atomic E-state index is 13.5. The number of halogens is 2. The normalized spacial score (nSPS) is 15.6. The molecule has 5 rings (SSSR count). The van der Waals surface area contributed by atoms with E-state index in [9.17, 15) is 22.7 Å². The van der Waals surface area contributed by atoms with E-state index in [0.717, 1.165) is 5.39 Å². The summed E-state index contributed by atoms with van der Waals surface area (Å²) in [5.41, 5.74) is 0.540. The standard InChI is InChI=1S/C27H23BrFN3O4S/c28-25-21(29)10-11-23(31-25)27(34)12-15-32(16-13-27)26(33)20-8-6-18(7-9-20)17-37(35,36)22-5-1-3-19-4-2-14-30-24(19)22/h1-11,14,34H,12-13,15-17H2. The van der Waals surface area contributed by atoms with E-state index in [4.69, 9.17) is 0 Å². The van der Waals surface area contributed by atoms with Crippen molar-refractivity contribution in [3.05, 3.63) is 100 Å². The largest absolute Gasteiger partial charge is 0.383 e. The number of pyridine rings is 2. The van der Waals surface area contributed by atoms with Crippen molar-refractivity contribution in [1.29, 1.82) is 0 Å². The number of fused-ring (bicyclic) bond motifs is 1. The van der Waals surface area contributed by atoms with Crippen molar-refractivity contribution >= 4 is 42.6 Å². The molecule has 1 fully saturated rings. The molecule has 3 heterocycles. The van der Waals surface area contributed by atoms with Gasteiger partial charge in [0.1, 0.15) is 10.2 Å². The second-order valence-corrected chi connectivity index (χ2v) is 11.8. The molecule has 1 aliphatic rings. The quantitative estimate of drug-likeness (QED) is 0.344. The maximum Gasteiger partial charge on any atom is 0.253 e. The number of benzene rings is 2. The van der Waals surface area contributed by atoms with Crippen LogP contribution >= 0.6 is 15.9 Å². The van der Waals surface area contributed by atoms with E-state index in [1.54, 1.807) is 53.6 Å². The van der Waals surface area contributed by atoms with Crippen LogP contribution in [0.3, 0.4) is 0 Å². The molecule has 7 nitrogen and oxygen atoms in total. The van der Waals surface area contributed by atoms with E-state index in [-0.39, 0.29) is 34.0 Å². The van der Waals surface area contributed by atoms with Crippen LogP contribution in [-0.2, 0) is 21.2 Å². The summed E-state index contributed by atoms with van der Waals surface area (Å²) in [5, 5.41) is 11.8. The zero-order valence-corrected chi connectivity index (χ0v) is 22.0. The summed E-state index contributed by atoms with van der Waals surface area (Å²) in [6.45, 7) is 0.604. The molecule has 0 saturated carbocycles. The van der Waals surface area contributed by atoms with Gasteiger partial charge in [0, 0.05) is 30.2 Å². The van der Waals surface area contributed by atoms with Crippen molar-refractivity contribution in [3.8, 4) is 0 Å². The Bertz CT molecular complexity index is 1580. The summed E-state index contributed by atoms with van der Waals surface area (Å²) in [5.74, 6) is -0.929. The Labute approximate surface area is 222 Å². The van der Waals surface area contributed by atoms with Gasteiger partial charge in [-0.15, -0.1) is 0 Å². The minimum atomic E-state index is -3.66. The molecule has 4 aromatic rings. The molecular weight excluding hydrogens is 561 g/mol. The molecule has 0 atom stereocenters. The van der Waals surface area contributed by atoms with Crippen LogP contribution in [0.2, 0.25) is 0 Å². The first-order valence-electron chi connectivity index (χ1n) is 11.7. The van der Waals surface area contributed by atoms with Gasteiger partial charge in [-0.25, -0.2) is 17.8 Å². The molecule has 2 aromatic heterocycles. The van der Waals surface area contributed by atoms with Crippen LogP contribution in [0.25, 0.3) is 10.9 Å². The van der Waals surface area contributed by atoms with Crippen LogP contribution in [0, 0.1) is 5.82 Å². The number of sulfone groups is 1. The number of hydrogen-bond acceptors (Lipinski definition) is 6. The smallest absolute Gasteiger partial charge is 0.253 e. The van der Waals surface area contributed by atoms with Crippen LogP contribution < -0.4 is 0 Å². The molecule has 0 unspecified atom stereocenters. The van der Waals surface area contributed by atoms with Crippen molar-refractivity contribution in [1.82, 2.24) is 14.9 Å². The molecule has 0 aliphatic carbocycles. The predicted octanol–water partition coefficient (Wildman–Crippen LogP) is 4.63. The molecule has 0 radical (unpaired) electrons. The van der Waals surface area contributed by atoms with Crippen molar-refractivity contribution in [2.24, 2.45) is 0 Å². The van der Waals surface area contributed by atoms with Gasteiger partial charge in [-0.2, -0.15) is 0 Å². The number of para-hydroxylation sites is 1. The fourth-order valence-electron chi connectivity index (χ4n) is 4.56. The van der Waals surface area contributed by atoms with E-state index in [0.29, 0.717) is 35.4 Å². The summed E-state index contributed by atoms with van der Waals surface area (Å²) >= 11 is 3.05. The third-order valence-electron chi connectivity index (χ3n) is 6.65. The lowest BCUT2D eigenvalue weighted by molar-refractivity contribution is -0.0246. The van der Waals surface area contributed by atoms with Gasteiger partial charge in [0.15, 0.2) is 15.7 Å². The Kier molecular flexibility index (Phi) is 6.82. The number of carbonyl (C=O) groups excluding carboxylic acids is 1. The number of carbonyl (C=O) groups is 1.